The summed E-state index contributed by atoms with van der Waals surface area (Å²) in [6.45, 7) is 0. The Balaban J connectivity index is 3.40. The van der Waals surface area contributed by atoms with Crippen LogP contribution in [-0.4, -0.2) is 45.7 Å². The number of hydrogen-bond acceptors (Lipinski definition) is 7. The Labute approximate surface area is 98.3 Å². The van der Waals surface area contributed by atoms with Crippen molar-refractivity contribution in [2.24, 2.45) is 11.5 Å². The summed E-state index contributed by atoms with van der Waals surface area (Å²) in [6, 6.07) is -1.78. The van der Waals surface area contributed by atoms with E-state index in [1.165, 1.54) is 31.4 Å². The molecule has 0 heterocycles. The van der Waals surface area contributed by atoms with Crippen LogP contribution in [0.25, 0.3) is 0 Å². The maximum absolute atomic E-state index is 10.3. The van der Waals surface area contributed by atoms with E-state index in [0.29, 0.717) is 0 Å². The summed E-state index contributed by atoms with van der Waals surface area (Å²) in [4.78, 5) is 20.6. The highest BCUT2D eigenvalue weighted by Crippen LogP contribution is 2.34. The third-order valence-electron chi connectivity index (χ3n) is 1.23. The van der Waals surface area contributed by atoms with Crippen LogP contribution in [0.5, 0.6) is 0 Å². The van der Waals surface area contributed by atoms with Crippen molar-refractivity contribution in [3.8, 4) is 0 Å². The van der Waals surface area contributed by atoms with E-state index >= 15 is 0 Å². The SMILES string of the molecule is N[C@@H](CSSSC[C@H](N)C(=O)O)C(=O)O. The van der Waals surface area contributed by atoms with Crippen LogP contribution in [-0.2, 0) is 9.59 Å². The summed E-state index contributed by atoms with van der Waals surface area (Å²) in [6.07, 6.45) is 0. The normalized spacial score (nSPS) is 14.5. The lowest BCUT2D eigenvalue weighted by molar-refractivity contribution is -0.138. The molecule has 0 rings (SSSR count). The zero-order valence-corrected chi connectivity index (χ0v) is 10.1. The maximum atomic E-state index is 10.3. The van der Waals surface area contributed by atoms with Crippen LogP contribution >= 0.6 is 31.4 Å². The van der Waals surface area contributed by atoms with E-state index in [-0.39, 0.29) is 11.5 Å². The molecule has 0 unspecified atom stereocenters. The Bertz CT molecular complexity index is 206. The van der Waals surface area contributed by atoms with Crippen LogP contribution in [0.1, 0.15) is 0 Å². The molecule has 6 nitrogen and oxygen atoms in total. The standard InChI is InChI=1S/C6H12N2O4S3/c7-3(5(9)10)1-13-15-14-2-4(8)6(11)12/h3-4H,1-2,7-8H2,(H,9,10)(H,11,12)/t3-,4-/m0/s1. The fourth-order valence-corrected chi connectivity index (χ4v) is 4.17. The number of aliphatic carboxylic acids is 2. The van der Waals surface area contributed by atoms with E-state index in [4.69, 9.17) is 21.7 Å². The highest BCUT2D eigenvalue weighted by molar-refractivity contribution is 9.09. The molecule has 0 bridgehead atoms. The zero-order chi connectivity index (χ0) is 11.8. The van der Waals surface area contributed by atoms with Gasteiger partial charge in [-0.15, -0.1) is 0 Å². The Morgan fingerprint density at radius 3 is 1.60 bits per heavy atom. The van der Waals surface area contributed by atoms with Crippen molar-refractivity contribution in [2.75, 3.05) is 11.5 Å². The molecule has 0 aliphatic heterocycles. The Morgan fingerprint density at radius 1 is 1.00 bits per heavy atom. The highest BCUT2D eigenvalue weighted by atomic mass is 33.5. The van der Waals surface area contributed by atoms with Crippen molar-refractivity contribution in [2.45, 2.75) is 12.1 Å². The van der Waals surface area contributed by atoms with Gasteiger partial charge in [0, 0.05) is 11.5 Å². The number of hydrogen-bond donors (Lipinski definition) is 4. The van der Waals surface area contributed by atoms with Gasteiger partial charge in [-0.3, -0.25) is 9.59 Å². The van der Waals surface area contributed by atoms with Crippen LogP contribution in [0.2, 0.25) is 0 Å². The second-order valence-electron chi connectivity index (χ2n) is 2.53. The van der Waals surface area contributed by atoms with Gasteiger partial charge < -0.3 is 21.7 Å². The van der Waals surface area contributed by atoms with Crippen LogP contribution in [0.15, 0.2) is 0 Å². The van der Waals surface area contributed by atoms with Crippen molar-refractivity contribution >= 4 is 43.4 Å². The average molecular weight is 272 g/mol. The van der Waals surface area contributed by atoms with Crippen molar-refractivity contribution in [3.05, 3.63) is 0 Å². The Morgan fingerprint density at radius 2 is 1.33 bits per heavy atom. The molecule has 0 aromatic rings. The van der Waals surface area contributed by atoms with Gasteiger partial charge in [0.05, 0.1) is 0 Å². The molecule has 0 fully saturated rings. The Hall–Kier alpha value is -0.0900. The third kappa shape index (κ3) is 7.79. The van der Waals surface area contributed by atoms with E-state index in [0.717, 1.165) is 0 Å². The molecular formula is C6H12N2O4S3. The molecule has 9 heteroatoms. The van der Waals surface area contributed by atoms with Gasteiger partial charge in [-0.2, -0.15) is 0 Å². The minimum atomic E-state index is -1.05. The van der Waals surface area contributed by atoms with Crippen molar-refractivity contribution < 1.29 is 19.8 Å². The molecule has 2 atom stereocenters. The lowest BCUT2D eigenvalue weighted by Crippen LogP contribution is -2.32. The molecule has 0 aliphatic carbocycles. The summed E-state index contributed by atoms with van der Waals surface area (Å²) < 4.78 is 0. The van der Waals surface area contributed by atoms with Gasteiger partial charge in [-0.25, -0.2) is 0 Å². The first kappa shape index (κ1) is 14.9. The maximum Gasteiger partial charge on any atom is 0.321 e. The minimum absolute atomic E-state index is 0.273. The van der Waals surface area contributed by atoms with Gasteiger partial charge in [-0.05, 0) is 9.83 Å². The first-order valence-corrected chi connectivity index (χ1v) is 7.65. The summed E-state index contributed by atoms with van der Waals surface area (Å²) in [5, 5.41) is 16.9. The summed E-state index contributed by atoms with van der Waals surface area (Å²) in [7, 11) is 3.83. The molecule has 15 heavy (non-hydrogen) atoms. The number of rotatable bonds is 8. The van der Waals surface area contributed by atoms with E-state index in [1.54, 1.807) is 0 Å². The van der Waals surface area contributed by atoms with E-state index in [9.17, 15) is 9.59 Å². The van der Waals surface area contributed by atoms with Crippen LogP contribution in [0.3, 0.4) is 0 Å². The van der Waals surface area contributed by atoms with E-state index in [2.05, 4.69) is 0 Å². The molecule has 0 aromatic carbocycles. The summed E-state index contributed by atoms with van der Waals surface area (Å²) >= 11 is 0. The lowest BCUT2D eigenvalue weighted by Gasteiger charge is -2.06. The molecule has 0 saturated carbocycles. The smallest absolute Gasteiger partial charge is 0.321 e. The second-order valence-corrected chi connectivity index (χ2v) is 6.85. The molecule has 0 spiro atoms. The number of carbonyl (C=O) groups is 2. The third-order valence-corrected chi connectivity index (χ3v) is 5.53. The number of carboxylic acid groups (broad SMARTS) is 2. The summed E-state index contributed by atoms with van der Waals surface area (Å²) in [5.41, 5.74) is 10.5. The van der Waals surface area contributed by atoms with Gasteiger partial charge in [0.2, 0.25) is 0 Å². The molecule has 0 aromatic heterocycles. The topological polar surface area (TPSA) is 127 Å². The molecule has 88 valence electrons. The van der Waals surface area contributed by atoms with Crippen LogP contribution in [0.4, 0.5) is 0 Å². The van der Waals surface area contributed by atoms with Crippen molar-refractivity contribution in [3.63, 3.8) is 0 Å². The highest BCUT2D eigenvalue weighted by Gasteiger charge is 2.13. The summed E-state index contributed by atoms with van der Waals surface area (Å²) in [5.74, 6) is -1.55. The first-order chi connectivity index (χ1) is 6.95. The molecule has 0 saturated heterocycles. The first-order valence-electron chi connectivity index (χ1n) is 3.83. The van der Waals surface area contributed by atoms with Gasteiger partial charge in [0.25, 0.3) is 0 Å². The molecular weight excluding hydrogens is 260 g/mol. The second kappa shape index (κ2) is 8.11. The average Bonchev–Trinajstić information content (AvgIpc) is 2.16. The lowest BCUT2D eigenvalue weighted by atomic mass is 10.4. The fourth-order valence-electron chi connectivity index (χ4n) is 0.379. The Kier molecular flexibility index (Phi) is 8.06. The van der Waals surface area contributed by atoms with Crippen LogP contribution < -0.4 is 11.5 Å². The molecule has 6 N–H and O–H groups in total. The predicted molar refractivity (Wildman–Crippen MR) is 63.7 cm³/mol. The number of carboxylic acids is 2. The van der Waals surface area contributed by atoms with Gasteiger partial charge in [0.15, 0.2) is 0 Å². The van der Waals surface area contributed by atoms with Crippen LogP contribution in [0, 0.1) is 0 Å². The zero-order valence-electron chi connectivity index (χ0n) is 7.66. The quantitative estimate of drug-likeness (QED) is 0.352. The van der Waals surface area contributed by atoms with Gasteiger partial charge >= 0.3 is 11.9 Å². The molecule has 0 aliphatic rings. The largest absolute Gasteiger partial charge is 0.480 e. The number of nitrogens with two attached hydrogens (primary N) is 2. The van der Waals surface area contributed by atoms with Gasteiger partial charge in [-0.1, -0.05) is 21.6 Å². The van der Waals surface area contributed by atoms with Crippen molar-refractivity contribution in [1.82, 2.24) is 0 Å². The van der Waals surface area contributed by atoms with E-state index in [1.807, 2.05) is 0 Å². The molecule has 0 radical (unpaired) electrons. The van der Waals surface area contributed by atoms with Gasteiger partial charge in [0.1, 0.15) is 12.1 Å². The fraction of sp³-hybridized carbons (Fsp3) is 0.667. The van der Waals surface area contributed by atoms with Crippen molar-refractivity contribution in [1.29, 1.82) is 0 Å². The molecule has 0 amide bonds. The monoisotopic (exact) mass is 272 g/mol. The minimum Gasteiger partial charge on any atom is -0.480 e. The van der Waals surface area contributed by atoms with E-state index < -0.39 is 24.0 Å². The predicted octanol–water partition coefficient (Wildman–Crippen LogP) is -0.160.